The summed E-state index contributed by atoms with van der Waals surface area (Å²) in [6.07, 6.45) is 3.34. The maximum Gasteiger partial charge on any atom is 0.313 e. The van der Waals surface area contributed by atoms with Gasteiger partial charge in [0.1, 0.15) is 5.69 Å². The molecule has 1 aliphatic rings. The number of likely N-dealkylation sites (N-methyl/N-ethyl adjacent to an activating group) is 1. The molecule has 1 saturated heterocycles. The van der Waals surface area contributed by atoms with E-state index in [9.17, 15) is 9.59 Å². The number of hydrogen-bond acceptors (Lipinski definition) is 4. The monoisotopic (exact) mass is 361 g/mol. The molecule has 0 unspecified atom stereocenters. The molecule has 0 radical (unpaired) electrons. The second kappa shape index (κ2) is 7.67. The highest BCUT2D eigenvalue weighted by Gasteiger charge is 2.26. The van der Waals surface area contributed by atoms with Crippen molar-refractivity contribution in [1.82, 2.24) is 19.6 Å². The number of aromatic nitrogens is 2. The summed E-state index contributed by atoms with van der Waals surface area (Å²) in [5, 5.41) is 7.26. The largest absolute Gasteiger partial charge is 0.332 e. The first kappa shape index (κ1) is 17.4. The van der Waals surface area contributed by atoms with E-state index in [0.29, 0.717) is 29.5 Å². The summed E-state index contributed by atoms with van der Waals surface area (Å²) >= 11 is 6.25. The van der Waals surface area contributed by atoms with E-state index < -0.39 is 11.8 Å². The van der Waals surface area contributed by atoms with Gasteiger partial charge in [0, 0.05) is 38.6 Å². The third-order valence-electron chi connectivity index (χ3n) is 4.27. The lowest BCUT2D eigenvalue weighted by molar-refractivity contribution is -0.144. The van der Waals surface area contributed by atoms with E-state index in [4.69, 9.17) is 11.6 Å². The lowest BCUT2D eigenvalue weighted by atomic mass is 10.2. The predicted octanol–water partition coefficient (Wildman–Crippen LogP) is 1.63. The number of carbonyl (C=O) groups excluding carboxylic acids is 2. The molecule has 132 valence electrons. The molecule has 1 aromatic carbocycles. The van der Waals surface area contributed by atoms with Crippen LogP contribution in [-0.4, -0.2) is 64.1 Å². The third-order valence-corrected chi connectivity index (χ3v) is 4.57. The first-order valence-electron chi connectivity index (χ1n) is 8.21. The zero-order valence-electron chi connectivity index (χ0n) is 14.0. The van der Waals surface area contributed by atoms with Crippen LogP contribution in [0.4, 0.5) is 5.69 Å². The number of nitrogens with one attached hydrogen (secondary N) is 1. The molecule has 0 atom stereocenters. The van der Waals surface area contributed by atoms with Crippen LogP contribution in [0.25, 0.3) is 5.69 Å². The summed E-state index contributed by atoms with van der Waals surface area (Å²) in [6.45, 7) is 5.71. The molecule has 0 aliphatic carbocycles. The molecule has 0 spiro atoms. The lowest BCUT2D eigenvalue weighted by Crippen LogP contribution is -2.51. The van der Waals surface area contributed by atoms with Gasteiger partial charge in [0.05, 0.1) is 10.7 Å². The Bertz CT molecular complexity index is 754. The van der Waals surface area contributed by atoms with Gasteiger partial charge in [0.25, 0.3) is 0 Å². The standard InChI is InChI=1S/C17H20ClN5O2/c1-2-21-9-11-22(12-10-21)17(25)16(24)20-14-6-3-5-13(18)15(14)23-8-4-7-19-23/h3-8H,2,9-12H2,1H3,(H,20,24). The first-order chi connectivity index (χ1) is 12.1. The van der Waals surface area contributed by atoms with Crippen molar-refractivity contribution in [2.24, 2.45) is 0 Å². The van der Waals surface area contributed by atoms with Crippen molar-refractivity contribution < 1.29 is 9.59 Å². The van der Waals surface area contributed by atoms with Gasteiger partial charge in [-0.3, -0.25) is 9.59 Å². The Morgan fingerprint density at radius 3 is 2.60 bits per heavy atom. The summed E-state index contributed by atoms with van der Waals surface area (Å²) in [6, 6.07) is 6.88. The topological polar surface area (TPSA) is 70.5 Å². The summed E-state index contributed by atoms with van der Waals surface area (Å²) < 4.78 is 1.56. The van der Waals surface area contributed by atoms with Gasteiger partial charge < -0.3 is 15.1 Å². The number of amides is 2. The van der Waals surface area contributed by atoms with Crippen LogP contribution in [-0.2, 0) is 9.59 Å². The number of rotatable bonds is 3. The Morgan fingerprint density at radius 1 is 1.20 bits per heavy atom. The Hall–Kier alpha value is -2.38. The summed E-state index contributed by atoms with van der Waals surface area (Å²) in [7, 11) is 0. The van der Waals surface area contributed by atoms with Crippen molar-refractivity contribution >= 4 is 29.1 Å². The van der Waals surface area contributed by atoms with Crippen LogP contribution in [0.5, 0.6) is 0 Å². The Morgan fingerprint density at radius 2 is 1.96 bits per heavy atom. The van der Waals surface area contributed by atoms with E-state index in [1.54, 1.807) is 46.2 Å². The zero-order chi connectivity index (χ0) is 17.8. The van der Waals surface area contributed by atoms with Crippen LogP contribution in [0.1, 0.15) is 6.92 Å². The van der Waals surface area contributed by atoms with Gasteiger partial charge in [-0.05, 0) is 24.7 Å². The molecule has 0 bridgehead atoms. The highest BCUT2D eigenvalue weighted by Crippen LogP contribution is 2.28. The van der Waals surface area contributed by atoms with Crippen molar-refractivity contribution in [3.05, 3.63) is 41.7 Å². The minimum atomic E-state index is -0.666. The van der Waals surface area contributed by atoms with Crippen molar-refractivity contribution in [2.45, 2.75) is 6.92 Å². The van der Waals surface area contributed by atoms with Crippen LogP contribution in [0, 0.1) is 0 Å². The normalized spacial score (nSPS) is 15.2. The zero-order valence-corrected chi connectivity index (χ0v) is 14.7. The van der Waals surface area contributed by atoms with Crippen LogP contribution >= 0.6 is 11.6 Å². The lowest BCUT2D eigenvalue weighted by Gasteiger charge is -2.33. The number of nitrogens with zero attached hydrogens (tertiary/aromatic N) is 4. The number of para-hydroxylation sites is 1. The Kier molecular flexibility index (Phi) is 5.35. The maximum absolute atomic E-state index is 12.4. The molecule has 2 aromatic rings. The van der Waals surface area contributed by atoms with Gasteiger partial charge >= 0.3 is 11.8 Å². The SMILES string of the molecule is CCN1CCN(C(=O)C(=O)Nc2cccc(Cl)c2-n2cccn2)CC1. The van der Waals surface area contributed by atoms with E-state index in [0.717, 1.165) is 19.6 Å². The molecule has 1 N–H and O–H groups in total. The Balaban J connectivity index is 1.73. The van der Waals surface area contributed by atoms with E-state index in [-0.39, 0.29) is 0 Å². The maximum atomic E-state index is 12.4. The van der Waals surface area contributed by atoms with E-state index in [1.807, 2.05) is 0 Å². The minimum Gasteiger partial charge on any atom is -0.332 e. The number of hydrogen-bond donors (Lipinski definition) is 1. The molecular weight excluding hydrogens is 342 g/mol. The molecule has 1 aromatic heterocycles. The fourth-order valence-corrected chi connectivity index (χ4v) is 3.10. The predicted molar refractivity (Wildman–Crippen MR) is 95.9 cm³/mol. The number of piperazine rings is 1. The van der Waals surface area contributed by atoms with Crippen molar-refractivity contribution in [2.75, 3.05) is 38.0 Å². The highest BCUT2D eigenvalue weighted by atomic mass is 35.5. The van der Waals surface area contributed by atoms with Crippen LogP contribution in [0.3, 0.4) is 0 Å². The quantitative estimate of drug-likeness (QED) is 0.843. The fourth-order valence-electron chi connectivity index (χ4n) is 2.84. The van der Waals surface area contributed by atoms with Crippen molar-refractivity contribution in [3.8, 4) is 5.69 Å². The molecular formula is C17H20ClN5O2. The molecule has 2 amide bonds. The van der Waals surface area contributed by atoms with E-state index >= 15 is 0 Å². The minimum absolute atomic E-state index is 0.436. The number of halogens is 1. The van der Waals surface area contributed by atoms with Gasteiger partial charge in [-0.2, -0.15) is 5.10 Å². The number of carbonyl (C=O) groups is 2. The van der Waals surface area contributed by atoms with E-state index in [1.165, 1.54) is 0 Å². The Labute approximate surface area is 151 Å². The van der Waals surface area contributed by atoms with Gasteiger partial charge in [-0.1, -0.05) is 24.6 Å². The van der Waals surface area contributed by atoms with Crippen molar-refractivity contribution in [1.29, 1.82) is 0 Å². The molecule has 2 heterocycles. The average molecular weight is 362 g/mol. The van der Waals surface area contributed by atoms with Gasteiger partial charge in [0.15, 0.2) is 0 Å². The molecule has 1 aliphatic heterocycles. The van der Waals surface area contributed by atoms with Gasteiger partial charge in [0.2, 0.25) is 0 Å². The molecule has 0 saturated carbocycles. The van der Waals surface area contributed by atoms with Gasteiger partial charge in [-0.15, -0.1) is 0 Å². The van der Waals surface area contributed by atoms with Crippen LogP contribution < -0.4 is 5.32 Å². The van der Waals surface area contributed by atoms with Crippen molar-refractivity contribution in [3.63, 3.8) is 0 Å². The summed E-state index contributed by atoms with van der Waals surface area (Å²) in [5.74, 6) is -1.19. The average Bonchev–Trinajstić information content (AvgIpc) is 3.15. The van der Waals surface area contributed by atoms with Crippen LogP contribution in [0.15, 0.2) is 36.7 Å². The highest BCUT2D eigenvalue weighted by molar-refractivity contribution is 6.40. The van der Waals surface area contributed by atoms with Crippen LogP contribution in [0.2, 0.25) is 5.02 Å². The number of benzene rings is 1. The molecule has 25 heavy (non-hydrogen) atoms. The second-order valence-electron chi connectivity index (χ2n) is 5.77. The fraction of sp³-hybridized carbons (Fsp3) is 0.353. The van der Waals surface area contributed by atoms with E-state index in [2.05, 4.69) is 22.2 Å². The summed E-state index contributed by atoms with van der Waals surface area (Å²) in [5.41, 5.74) is 0.980. The summed E-state index contributed by atoms with van der Waals surface area (Å²) in [4.78, 5) is 28.7. The molecule has 8 heteroatoms. The molecule has 3 rings (SSSR count). The first-order valence-corrected chi connectivity index (χ1v) is 8.59. The van der Waals surface area contributed by atoms with Gasteiger partial charge in [-0.25, -0.2) is 4.68 Å². The number of anilines is 1. The third kappa shape index (κ3) is 3.83. The smallest absolute Gasteiger partial charge is 0.313 e. The molecule has 7 nitrogen and oxygen atoms in total. The second-order valence-corrected chi connectivity index (χ2v) is 6.17. The molecule has 1 fully saturated rings.